The van der Waals surface area contributed by atoms with Crippen molar-refractivity contribution >= 4 is 23.4 Å². The van der Waals surface area contributed by atoms with Crippen LogP contribution in [-0.2, 0) is 4.79 Å². The molecule has 1 aromatic carbocycles. The lowest BCUT2D eigenvalue weighted by Crippen LogP contribution is -2.40. The van der Waals surface area contributed by atoms with Gasteiger partial charge in [-0.25, -0.2) is 15.0 Å². The second kappa shape index (κ2) is 10.2. The molecule has 2 aliphatic rings. The molecule has 0 saturated carbocycles. The van der Waals surface area contributed by atoms with Gasteiger partial charge in [0, 0.05) is 49.8 Å². The van der Waals surface area contributed by atoms with E-state index in [1.807, 2.05) is 35.2 Å². The lowest BCUT2D eigenvalue weighted by atomic mass is 9.92. The first-order valence-corrected chi connectivity index (χ1v) is 12.5. The highest BCUT2D eigenvalue weighted by molar-refractivity contribution is 6.30. The van der Waals surface area contributed by atoms with Gasteiger partial charge >= 0.3 is 0 Å². The second-order valence-corrected chi connectivity index (χ2v) is 9.69. The number of carbonyl (C=O) groups is 2. The fourth-order valence-corrected chi connectivity index (χ4v) is 5.22. The third-order valence-corrected chi connectivity index (χ3v) is 7.11. The second-order valence-electron chi connectivity index (χ2n) is 9.25. The smallest absolute Gasteiger partial charge is 0.275 e. The molecule has 8 nitrogen and oxygen atoms in total. The first-order chi connectivity index (χ1) is 17.0. The van der Waals surface area contributed by atoms with Gasteiger partial charge in [0.05, 0.1) is 11.7 Å². The Labute approximate surface area is 209 Å². The van der Waals surface area contributed by atoms with Gasteiger partial charge in [0.2, 0.25) is 5.91 Å². The van der Waals surface area contributed by atoms with Crippen LogP contribution in [0.15, 0.2) is 47.2 Å². The molecule has 4 heterocycles. The molecule has 3 aromatic rings. The van der Waals surface area contributed by atoms with Gasteiger partial charge in [-0.1, -0.05) is 23.7 Å². The van der Waals surface area contributed by atoms with Crippen molar-refractivity contribution in [2.24, 2.45) is 5.92 Å². The summed E-state index contributed by atoms with van der Waals surface area (Å²) in [5.41, 5.74) is 2.07. The molecule has 1 atom stereocenters. The summed E-state index contributed by atoms with van der Waals surface area (Å²) >= 11 is 6.14. The number of hydrogen-bond acceptors (Lipinski definition) is 6. The van der Waals surface area contributed by atoms with Crippen molar-refractivity contribution < 1.29 is 14.0 Å². The number of hydrogen-bond donors (Lipinski definition) is 0. The molecule has 2 aromatic heterocycles. The summed E-state index contributed by atoms with van der Waals surface area (Å²) in [5.74, 6) is 1.41. The summed E-state index contributed by atoms with van der Waals surface area (Å²) in [4.78, 5) is 43.0. The van der Waals surface area contributed by atoms with Crippen LogP contribution >= 0.6 is 11.6 Å². The highest BCUT2D eigenvalue weighted by atomic mass is 35.5. The number of halogens is 1. The van der Waals surface area contributed by atoms with E-state index >= 15 is 0 Å². The monoisotopic (exact) mass is 493 g/mol. The third-order valence-electron chi connectivity index (χ3n) is 6.88. The van der Waals surface area contributed by atoms with Crippen LogP contribution in [0.2, 0.25) is 5.02 Å². The molecule has 0 unspecified atom stereocenters. The molecule has 0 bridgehead atoms. The van der Waals surface area contributed by atoms with E-state index in [2.05, 4.69) is 9.97 Å². The summed E-state index contributed by atoms with van der Waals surface area (Å²) in [6.07, 6.45) is 7.11. The van der Waals surface area contributed by atoms with Crippen LogP contribution in [0.1, 0.15) is 60.2 Å². The minimum atomic E-state index is -0.106. The molecule has 5 rings (SSSR count). The molecule has 0 spiro atoms. The number of aromatic nitrogens is 3. The van der Waals surface area contributed by atoms with Crippen molar-refractivity contribution in [2.75, 3.05) is 19.6 Å². The quantitative estimate of drug-likeness (QED) is 0.511. The van der Waals surface area contributed by atoms with Crippen molar-refractivity contribution in [3.8, 4) is 11.4 Å². The normalized spacial score (nSPS) is 18.7. The Morgan fingerprint density at radius 1 is 1.11 bits per heavy atom. The lowest BCUT2D eigenvalue weighted by Gasteiger charge is -2.33. The number of carbonyl (C=O) groups excluding carboxylic acids is 2. The molecule has 182 valence electrons. The minimum Gasteiger partial charge on any atom is -0.448 e. The van der Waals surface area contributed by atoms with Gasteiger partial charge in [-0.05, 0) is 49.8 Å². The van der Waals surface area contributed by atoms with Gasteiger partial charge in [-0.15, -0.1) is 0 Å². The summed E-state index contributed by atoms with van der Waals surface area (Å²) in [6.45, 7) is 3.71. The van der Waals surface area contributed by atoms with Crippen molar-refractivity contribution in [1.29, 1.82) is 0 Å². The molecule has 0 radical (unpaired) electrons. The number of likely N-dealkylation sites (tertiary alicyclic amines) is 2. The Morgan fingerprint density at radius 3 is 2.69 bits per heavy atom. The number of aryl methyl sites for hydroxylation is 1. The number of piperidine rings is 1. The van der Waals surface area contributed by atoms with Gasteiger partial charge < -0.3 is 14.2 Å². The van der Waals surface area contributed by atoms with Crippen LogP contribution in [0.4, 0.5) is 0 Å². The van der Waals surface area contributed by atoms with E-state index < -0.39 is 0 Å². The molecule has 2 amide bonds. The number of rotatable bonds is 5. The highest BCUT2D eigenvalue weighted by Gasteiger charge is 2.33. The standard InChI is InChI=1S/C26H28ClN5O3/c1-17-29-22(16-35-17)26(34)31-12-8-18(9-13-31)14-24(33)32-11-3-6-23(32)21-7-10-28-25(30-21)19-4-2-5-20(27)15-19/h2,4-5,7,10,15-16,18,23H,3,6,8-9,11-14H2,1H3/t23-/m1/s1. The van der Waals surface area contributed by atoms with Crippen LogP contribution in [0.25, 0.3) is 11.4 Å². The van der Waals surface area contributed by atoms with E-state index in [-0.39, 0.29) is 23.8 Å². The SMILES string of the molecule is Cc1nc(C(=O)N2CCC(CC(=O)N3CCC[C@@H]3c3ccnc(-c4cccc(Cl)c4)n3)CC2)co1. The van der Waals surface area contributed by atoms with E-state index in [1.165, 1.54) is 6.26 Å². The third kappa shape index (κ3) is 5.22. The number of nitrogens with zero attached hydrogens (tertiary/aromatic N) is 5. The van der Waals surface area contributed by atoms with Crippen LogP contribution in [0.3, 0.4) is 0 Å². The number of amides is 2. The lowest BCUT2D eigenvalue weighted by molar-refractivity contribution is -0.133. The maximum absolute atomic E-state index is 13.3. The number of benzene rings is 1. The fraction of sp³-hybridized carbons (Fsp3) is 0.423. The van der Waals surface area contributed by atoms with Gasteiger partial charge in [-0.3, -0.25) is 9.59 Å². The zero-order valence-corrected chi connectivity index (χ0v) is 20.4. The topological polar surface area (TPSA) is 92.4 Å². The van der Waals surface area contributed by atoms with Crippen LogP contribution in [0.5, 0.6) is 0 Å². The molecule has 9 heteroatoms. The van der Waals surface area contributed by atoms with Crippen molar-refractivity contribution in [2.45, 2.75) is 45.1 Å². The molecule has 35 heavy (non-hydrogen) atoms. The van der Waals surface area contributed by atoms with Crippen molar-refractivity contribution in [3.05, 3.63) is 65.1 Å². The Hall–Kier alpha value is -3.26. The number of oxazole rings is 1. The maximum atomic E-state index is 13.3. The zero-order valence-electron chi connectivity index (χ0n) is 19.7. The summed E-state index contributed by atoms with van der Waals surface area (Å²) < 4.78 is 5.17. The summed E-state index contributed by atoms with van der Waals surface area (Å²) in [5, 5.41) is 0.637. The highest BCUT2D eigenvalue weighted by Crippen LogP contribution is 2.34. The van der Waals surface area contributed by atoms with E-state index in [1.54, 1.807) is 18.0 Å². The Bertz CT molecular complexity index is 1220. The van der Waals surface area contributed by atoms with Crippen molar-refractivity contribution in [1.82, 2.24) is 24.8 Å². The van der Waals surface area contributed by atoms with Crippen LogP contribution in [-0.4, -0.2) is 56.2 Å². The molecule has 2 aliphatic heterocycles. The van der Waals surface area contributed by atoms with Gasteiger partial charge in [0.1, 0.15) is 6.26 Å². The first-order valence-electron chi connectivity index (χ1n) is 12.1. The van der Waals surface area contributed by atoms with E-state index in [0.717, 1.165) is 43.5 Å². The minimum absolute atomic E-state index is 0.0412. The summed E-state index contributed by atoms with van der Waals surface area (Å²) in [7, 11) is 0. The van der Waals surface area contributed by atoms with E-state index in [4.69, 9.17) is 21.0 Å². The molecule has 2 saturated heterocycles. The summed E-state index contributed by atoms with van der Waals surface area (Å²) in [6, 6.07) is 9.34. The molecule has 0 N–H and O–H groups in total. The van der Waals surface area contributed by atoms with E-state index in [9.17, 15) is 9.59 Å². The fourth-order valence-electron chi connectivity index (χ4n) is 5.03. The average Bonchev–Trinajstić information content (AvgIpc) is 3.54. The van der Waals surface area contributed by atoms with Crippen LogP contribution in [0, 0.1) is 12.8 Å². The molecule has 2 fully saturated rings. The van der Waals surface area contributed by atoms with Gasteiger partial charge in [0.15, 0.2) is 17.4 Å². The Balaban J connectivity index is 1.20. The Morgan fingerprint density at radius 2 is 1.94 bits per heavy atom. The molecular formula is C26H28ClN5O3. The van der Waals surface area contributed by atoms with Crippen molar-refractivity contribution in [3.63, 3.8) is 0 Å². The Kier molecular flexibility index (Phi) is 6.81. The first kappa shape index (κ1) is 23.5. The maximum Gasteiger partial charge on any atom is 0.275 e. The van der Waals surface area contributed by atoms with Crippen LogP contribution < -0.4 is 0 Å². The predicted molar refractivity (Wildman–Crippen MR) is 131 cm³/mol. The average molecular weight is 494 g/mol. The molecular weight excluding hydrogens is 466 g/mol. The van der Waals surface area contributed by atoms with Gasteiger partial charge in [0.25, 0.3) is 5.91 Å². The largest absolute Gasteiger partial charge is 0.448 e. The van der Waals surface area contributed by atoms with Gasteiger partial charge in [-0.2, -0.15) is 0 Å². The van der Waals surface area contributed by atoms with E-state index in [0.29, 0.717) is 41.9 Å². The zero-order chi connectivity index (χ0) is 24.4. The molecule has 0 aliphatic carbocycles. The predicted octanol–water partition coefficient (Wildman–Crippen LogP) is 4.70.